The highest BCUT2D eigenvalue weighted by molar-refractivity contribution is 14.1. The average molecular weight is 921 g/mol. The first-order chi connectivity index (χ1) is 22.2. The largest absolute Gasteiger partial charge is 0.487 e. The number of nitrogens with zero attached hydrogens (tertiary/aromatic N) is 2. The maximum Gasteiger partial charge on any atom is 0.338 e. The van der Waals surface area contributed by atoms with Crippen LogP contribution in [-0.4, -0.2) is 17.1 Å². The van der Waals surface area contributed by atoms with Crippen LogP contribution in [0.5, 0.6) is 5.75 Å². The van der Waals surface area contributed by atoms with Crippen LogP contribution in [0, 0.1) is 13.0 Å². The minimum Gasteiger partial charge on any atom is -0.487 e. The zero-order chi connectivity index (χ0) is 32.4. The molecule has 11 heteroatoms. The molecule has 0 unspecified atom stereocenters. The van der Waals surface area contributed by atoms with E-state index in [1.54, 1.807) is 19.1 Å². The van der Waals surface area contributed by atoms with Gasteiger partial charge in [-0.05, 0) is 106 Å². The van der Waals surface area contributed by atoms with Gasteiger partial charge < -0.3 is 9.47 Å². The van der Waals surface area contributed by atoms with Crippen molar-refractivity contribution in [3.63, 3.8) is 0 Å². The molecule has 0 bridgehead atoms. The van der Waals surface area contributed by atoms with Gasteiger partial charge in [0, 0.05) is 19.2 Å². The van der Waals surface area contributed by atoms with E-state index >= 15 is 0 Å². The predicted molar refractivity (Wildman–Crippen MR) is 198 cm³/mol. The van der Waals surface area contributed by atoms with Crippen LogP contribution in [0.1, 0.15) is 35.2 Å². The van der Waals surface area contributed by atoms with Gasteiger partial charge in [0.15, 0.2) is 4.80 Å². The smallest absolute Gasteiger partial charge is 0.338 e. The number of rotatable bonds is 8. The molecule has 5 aromatic rings. The number of esters is 1. The Bertz CT molecular complexity index is 2150. The molecule has 6 rings (SSSR count). The first-order valence-corrected chi connectivity index (χ1v) is 17.9. The molecule has 232 valence electrons. The SMILES string of the molecule is CCOC(=O)C1=C(c2ccccc2)N=c2s/c(=C\c3cc(I)cc(I)c3OCc3ccc(Br)cc3)c(=O)n2[C@@H]1c1ccc(F)cc1. The monoisotopic (exact) mass is 920 g/mol. The molecule has 1 atom stereocenters. The molecule has 0 saturated heterocycles. The number of ether oxygens (including phenoxy) is 2. The second-order valence-corrected chi connectivity index (χ2v) is 14.5. The number of aromatic nitrogens is 1. The number of hydrogen-bond acceptors (Lipinski definition) is 6. The lowest BCUT2D eigenvalue weighted by atomic mass is 9.93. The van der Waals surface area contributed by atoms with Gasteiger partial charge in [-0.2, -0.15) is 0 Å². The summed E-state index contributed by atoms with van der Waals surface area (Å²) in [5.41, 5.74) is 3.28. The topological polar surface area (TPSA) is 69.9 Å². The Morgan fingerprint density at radius 1 is 1.04 bits per heavy atom. The Balaban J connectivity index is 1.55. The first-order valence-electron chi connectivity index (χ1n) is 14.1. The lowest BCUT2D eigenvalue weighted by Gasteiger charge is -2.25. The third kappa shape index (κ3) is 6.92. The van der Waals surface area contributed by atoms with Crippen molar-refractivity contribution in [1.82, 2.24) is 4.57 Å². The maximum absolute atomic E-state index is 14.3. The Morgan fingerprint density at radius 3 is 2.46 bits per heavy atom. The van der Waals surface area contributed by atoms with E-state index in [-0.39, 0.29) is 17.7 Å². The fraction of sp³-hybridized carbons (Fsp3) is 0.114. The third-order valence-corrected chi connectivity index (χ3v) is 10.1. The Labute approximate surface area is 303 Å². The van der Waals surface area contributed by atoms with Crippen LogP contribution in [0.3, 0.4) is 0 Å². The molecule has 6 nitrogen and oxygen atoms in total. The number of halogens is 4. The lowest BCUT2D eigenvalue weighted by molar-refractivity contribution is -0.138. The molecule has 0 saturated carbocycles. The van der Waals surface area contributed by atoms with E-state index in [1.807, 2.05) is 72.8 Å². The fourth-order valence-corrected chi connectivity index (χ4v) is 8.42. The Morgan fingerprint density at radius 2 is 1.76 bits per heavy atom. The van der Waals surface area contributed by atoms with Gasteiger partial charge in [0.1, 0.15) is 18.2 Å². The molecular formula is C35H24BrFI2N2O4S. The van der Waals surface area contributed by atoms with Crippen molar-refractivity contribution in [2.45, 2.75) is 19.6 Å². The molecule has 0 radical (unpaired) electrons. The maximum atomic E-state index is 14.3. The summed E-state index contributed by atoms with van der Waals surface area (Å²) < 4.78 is 30.7. The summed E-state index contributed by atoms with van der Waals surface area (Å²) in [4.78, 5) is 33.2. The van der Waals surface area contributed by atoms with Gasteiger partial charge in [-0.1, -0.05) is 81.9 Å². The average Bonchev–Trinajstić information content (AvgIpc) is 3.35. The summed E-state index contributed by atoms with van der Waals surface area (Å²) in [5.74, 6) is -0.364. The number of hydrogen-bond donors (Lipinski definition) is 0. The van der Waals surface area contributed by atoms with E-state index in [0.29, 0.717) is 38.5 Å². The van der Waals surface area contributed by atoms with Crippen molar-refractivity contribution in [2.24, 2.45) is 4.99 Å². The van der Waals surface area contributed by atoms with E-state index < -0.39 is 17.8 Å². The van der Waals surface area contributed by atoms with E-state index in [4.69, 9.17) is 14.5 Å². The Kier molecular flexibility index (Phi) is 10.2. The molecule has 0 aliphatic carbocycles. The standard InChI is InChI=1S/C35H24BrFI2N2O4S/c1-2-44-34(43)29-30(21-6-4-3-5-7-21)40-35-41(31(29)22-10-14-25(37)15-11-22)33(42)28(46-35)17-23-16-26(38)18-27(39)32(23)45-19-20-8-12-24(36)13-9-20/h3-18,31H,2,19H2,1H3/b28-17-/t31-/m1/s1. The summed E-state index contributed by atoms with van der Waals surface area (Å²) >= 11 is 9.18. The zero-order valence-corrected chi connectivity index (χ0v) is 30.9. The minimum absolute atomic E-state index is 0.138. The highest BCUT2D eigenvalue weighted by Gasteiger charge is 2.35. The first kappa shape index (κ1) is 32.8. The van der Waals surface area contributed by atoms with Gasteiger partial charge in [-0.25, -0.2) is 14.2 Å². The summed E-state index contributed by atoms with van der Waals surface area (Å²) in [6.45, 7) is 2.21. The van der Waals surface area contributed by atoms with Gasteiger partial charge in [-0.15, -0.1) is 0 Å². The summed E-state index contributed by atoms with van der Waals surface area (Å²) in [6.07, 6.45) is 1.81. The number of carbonyl (C=O) groups is 1. The van der Waals surface area contributed by atoms with Crippen LogP contribution in [0.2, 0.25) is 0 Å². The van der Waals surface area contributed by atoms with E-state index in [9.17, 15) is 14.0 Å². The second-order valence-electron chi connectivity index (χ2n) is 10.2. The molecule has 46 heavy (non-hydrogen) atoms. The predicted octanol–water partition coefficient (Wildman–Crippen LogP) is 7.63. The molecule has 1 aliphatic rings. The van der Waals surface area contributed by atoms with Crippen LogP contribution >= 0.6 is 72.4 Å². The number of benzene rings is 4. The van der Waals surface area contributed by atoms with E-state index in [1.165, 1.54) is 28.0 Å². The van der Waals surface area contributed by atoms with E-state index in [0.717, 1.165) is 22.7 Å². The molecule has 1 aliphatic heterocycles. The fourth-order valence-electron chi connectivity index (χ4n) is 5.12. The summed E-state index contributed by atoms with van der Waals surface area (Å²) in [7, 11) is 0. The molecular weight excluding hydrogens is 897 g/mol. The van der Waals surface area contributed by atoms with Crippen LogP contribution in [0.25, 0.3) is 11.8 Å². The van der Waals surface area contributed by atoms with Crippen molar-refractivity contribution in [1.29, 1.82) is 0 Å². The van der Waals surface area contributed by atoms with E-state index in [2.05, 4.69) is 61.1 Å². The summed E-state index contributed by atoms with van der Waals surface area (Å²) in [5, 5.41) is 0. The van der Waals surface area contributed by atoms with Gasteiger partial charge in [-0.3, -0.25) is 9.36 Å². The third-order valence-electron chi connectivity index (χ3n) is 7.18. The highest BCUT2D eigenvalue weighted by Crippen LogP contribution is 2.35. The van der Waals surface area contributed by atoms with Crippen molar-refractivity contribution in [2.75, 3.05) is 6.61 Å². The molecule has 0 amide bonds. The van der Waals surface area contributed by atoms with Crippen LogP contribution < -0.4 is 19.6 Å². The second kappa shape index (κ2) is 14.3. The summed E-state index contributed by atoms with van der Waals surface area (Å²) in [6, 6.07) is 26.1. The Hall–Kier alpha value is -3.14. The molecule has 4 aromatic carbocycles. The lowest BCUT2D eigenvalue weighted by Crippen LogP contribution is -2.40. The zero-order valence-electron chi connectivity index (χ0n) is 24.2. The highest BCUT2D eigenvalue weighted by atomic mass is 127. The molecule has 0 N–H and O–H groups in total. The van der Waals surface area contributed by atoms with Crippen LogP contribution in [0.15, 0.2) is 111 Å². The van der Waals surface area contributed by atoms with Gasteiger partial charge in [0.2, 0.25) is 0 Å². The van der Waals surface area contributed by atoms with Crippen LogP contribution in [0.4, 0.5) is 4.39 Å². The number of fused-ring (bicyclic) bond motifs is 1. The quantitative estimate of drug-likeness (QED) is 0.119. The van der Waals surface area contributed by atoms with Crippen LogP contribution in [-0.2, 0) is 16.1 Å². The number of thiazole rings is 1. The van der Waals surface area contributed by atoms with Gasteiger partial charge in [0.05, 0.1) is 32.0 Å². The van der Waals surface area contributed by atoms with Crippen molar-refractivity contribution in [3.05, 3.63) is 156 Å². The number of carbonyl (C=O) groups excluding carboxylic acids is 1. The van der Waals surface area contributed by atoms with Crippen molar-refractivity contribution in [3.8, 4) is 5.75 Å². The molecule has 0 fully saturated rings. The molecule has 1 aromatic heterocycles. The minimum atomic E-state index is -0.891. The van der Waals surface area contributed by atoms with Gasteiger partial charge >= 0.3 is 5.97 Å². The molecule has 0 spiro atoms. The van der Waals surface area contributed by atoms with Gasteiger partial charge in [0.25, 0.3) is 5.56 Å². The van der Waals surface area contributed by atoms with Crippen molar-refractivity contribution < 1.29 is 18.7 Å². The normalized spacial score (nSPS) is 14.5. The van der Waals surface area contributed by atoms with Crippen molar-refractivity contribution >= 4 is 90.2 Å². The molecule has 2 heterocycles.